The summed E-state index contributed by atoms with van der Waals surface area (Å²) >= 11 is 3.36. The highest BCUT2D eigenvalue weighted by atomic mass is 79.9. The van der Waals surface area contributed by atoms with Gasteiger partial charge in [-0.2, -0.15) is 0 Å². The monoisotopic (exact) mass is 297 g/mol. The molecule has 1 aliphatic heterocycles. The lowest BCUT2D eigenvalue weighted by Crippen LogP contribution is -2.26. The van der Waals surface area contributed by atoms with Gasteiger partial charge >= 0.3 is 5.97 Å². The molecule has 0 unspecified atom stereocenters. The van der Waals surface area contributed by atoms with Crippen molar-refractivity contribution in [3.8, 4) is 0 Å². The molecule has 90 valence electrons. The van der Waals surface area contributed by atoms with E-state index in [2.05, 4.69) is 15.9 Å². The van der Waals surface area contributed by atoms with Gasteiger partial charge in [0.05, 0.1) is 5.92 Å². The lowest BCUT2D eigenvalue weighted by molar-refractivity contribution is -0.141. The molecule has 1 saturated heterocycles. The first-order chi connectivity index (χ1) is 7.99. The summed E-state index contributed by atoms with van der Waals surface area (Å²) < 4.78 is 0.945. The second-order valence-electron chi connectivity index (χ2n) is 4.17. The van der Waals surface area contributed by atoms with Crippen LogP contribution in [0.1, 0.15) is 12.0 Å². The third-order valence-electron chi connectivity index (χ3n) is 2.92. The van der Waals surface area contributed by atoms with Gasteiger partial charge < -0.3 is 10.0 Å². The van der Waals surface area contributed by atoms with Crippen molar-refractivity contribution in [2.75, 3.05) is 11.4 Å². The van der Waals surface area contributed by atoms with Crippen molar-refractivity contribution in [3.63, 3.8) is 0 Å². The molecular weight excluding hydrogens is 286 g/mol. The minimum absolute atomic E-state index is 0.0881. The molecule has 0 radical (unpaired) electrons. The van der Waals surface area contributed by atoms with Gasteiger partial charge in [0.15, 0.2) is 0 Å². The molecule has 0 aromatic heterocycles. The van der Waals surface area contributed by atoms with E-state index in [4.69, 9.17) is 5.11 Å². The molecule has 0 aliphatic carbocycles. The lowest BCUT2D eigenvalue weighted by Gasteiger charge is -2.18. The summed E-state index contributed by atoms with van der Waals surface area (Å²) in [7, 11) is 0. The van der Waals surface area contributed by atoms with E-state index in [-0.39, 0.29) is 18.9 Å². The largest absolute Gasteiger partial charge is 0.481 e. The topological polar surface area (TPSA) is 57.6 Å². The van der Waals surface area contributed by atoms with E-state index < -0.39 is 11.9 Å². The van der Waals surface area contributed by atoms with Crippen LogP contribution in [0, 0.1) is 12.8 Å². The number of nitrogens with zero attached hydrogens (tertiary/aromatic N) is 1. The Balaban J connectivity index is 2.29. The molecule has 1 heterocycles. The van der Waals surface area contributed by atoms with E-state index >= 15 is 0 Å². The first-order valence-corrected chi connectivity index (χ1v) is 6.07. The highest BCUT2D eigenvalue weighted by Crippen LogP contribution is 2.29. The Bertz CT molecular complexity index is 487. The summed E-state index contributed by atoms with van der Waals surface area (Å²) in [6.07, 6.45) is 0.0881. The molecule has 5 heteroatoms. The number of carboxylic acid groups (broad SMARTS) is 1. The molecule has 4 nitrogen and oxygen atoms in total. The van der Waals surface area contributed by atoms with Crippen molar-refractivity contribution in [1.29, 1.82) is 0 Å². The summed E-state index contributed by atoms with van der Waals surface area (Å²) in [5.74, 6) is -1.62. The van der Waals surface area contributed by atoms with Crippen LogP contribution in [-0.4, -0.2) is 23.5 Å². The highest BCUT2D eigenvalue weighted by Gasteiger charge is 2.35. The van der Waals surface area contributed by atoms with Crippen LogP contribution >= 0.6 is 15.9 Å². The van der Waals surface area contributed by atoms with Crippen molar-refractivity contribution in [2.45, 2.75) is 13.3 Å². The van der Waals surface area contributed by atoms with Gasteiger partial charge in [0, 0.05) is 23.1 Å². The Morgan fingerprint density at radius 3 is 2.76 bits per heavy atom. The fourth-order valence-electron chi connectivity index (χ4n) is 2.03. The van der Waals surface area contributed by atoms with E-state index in [1.165, 1.54) is 0 Å². The number of anilines is 1. The molecule has 0 bridgehead atoms. The molecule has 1 aliphatic rings. The predicted molar refractivity (Wildman–Crippen MR) is 67.0 cm³/mol. The zero-order valence-corrected chi connectivity index (χ0v) is 10.9. The molecule has 1 aromatic rings. The Labute approximate surface area is 107 Å². The van der Waals surface area contributed by atoms with Gasteiger partial charge in [0.25, 0.3) is 0 Å². The number of benzene rings is 1. The molecular formula is C12H12BrNO3. The number of carbonyl (C=O) groups is 2. The van der Waals surface area contributed by atoms with Crippen LogP contribution < -0.4 is 4.90 Å². The van der Waals surface area contributed by atoms with Crippen molar-refractivity contribution < 1.29 is 14.7 Å². The standard InChI is InChI=1S/C12H12BrNO3/c1-7-4-9(13)2-3-10(7)14-6-8(12(16)17)5-11(14)15/h2-4,8H,5-6H2,1H3,(H,16,17)/t8-/m0/s1. The van der Waals surface area contributed by atoms with Gasteiger partial charge in [-0.05, 0) is 30.7 Å². The van der Waals surface area contributed by atoms with E-state index in [1.807, 2.05) is 25.1 Å². The van der Waals surface area contributed by atoms with Crippen LogP contribution in [0.3, 0.4) is 0 Å². The summed E-state index contributed by atoms with van der Waals surface area (Å²) in [4.78, 5) is 24.2. The third kappa shape index (κ3) is 2.34. The number of hydrogen-bond donors (Lipinski definition) is 1. The zero-order chi connectivity index (χ0) is 12.6. The summed E-state index contributed by atoms with van der Waals surface area (Å²) in [6, 6.07) is 5.60. The average Bonchev–Trinajstić information content (AvgIpc) is 2.61. The third-order valence-corrected chi connectivity index (χ3v) is 3.42. The number of carbonyl (C=O) groups excluding carboxylic acids is 1. The number of carboxylic acids is 1. The first-order valence-electron chi connectivity index (χ1n) is 5.28. The van der Waals surface area contributed by atoms with Crippen LogP contribution in [0.2, 0.25) is 0 Å². The Morgan fingerprint density at radius 1 is 1.53 bits per heavy atom. The fraction of sp³-hybridized carbons (Fsp3) is 0.333. The van der Waals surface area contributed by atoms with Crippen molar-refractivity contribution in [1.82, 2.24) is 0 Å². The molecule has 1 amide bonds. The van der Waals surface area contributed by atoms with Gasteiger partial charge in [-0.15, -0.1) is 0 Å². The minimum Gasteiger partial charge on any atom is -0.481 e. The van der Waals surface area contributed by atoms with E-state index in [1.54, 1.807) is 4.90 Å². The van der Waals surface area contributed by atoms with Crippen LogP contribution in [0.15, 0.2) is 22.7 Å². The summed E-state index contributed by atoms with van der Waals surface area (Å²) in [5.41, 5.74) is 1.75. The SMILES string of the molecule is Cc1cc(Br)ccc1N1C[C@@H](C(=O)O)CC1=O. The number of hydrogen-bond acceptors (Lipinski definition) is 2. The number of rotatable bonds is 2. The van der Waals surface area contributed by atoms with Gasteiger partial charge in [-0.25, -0.2) is 0 Å². The number of aliphatic carboxylic acids is 1. The highest BCUT2D eigenvalue weighted by molar-refractivity contribution is 9.10. The lowest BCUT2D eigenvalue weighted by atomic mass is 10.1. The molecule has 1 fully saturated rings. The van der Waals surface area contributed by atoms with E-state index in [0.717, 1.165) is 15.7 Å². The zero-order valence-electron chi connectivity index (χ0n) is 9.31. The van der Waals surface area contributed by atoms with Gasteiger partial charge in [0.2, 0.25) is 5.91 Å². The van der Waals surface area contributed by atoms with Crippen LogP contribution in [0.4, 0.5) is 5.69 Å². The molecule has 1 atom stereocenters. The quantitative estimate of drug-likeness (QED) is 0.910. The maximum Gasteiger partial charge on any atom is 0.308 e. The minimum atomic E-state index is -0.907. The van der Waals surface area contributed by atoms with Gasteiger partial charge in [0.1, 0.15) is 0 Å². The molecule has 2 rings (SSSR count). The van der Waals surface area contributed by atoms with Gasteiger partial charge in [-0.3, -0.25) is 9.59 Å². The Morgan fingerprint density at radius 2 is 2.24 bits per heavy atom. The summed E-state index contributed by atoms with van der Waals surface area (Å²) in [5, 5.41) is 8.92. The number of aryl methyl sites for hydroxylation is 1. The first kappa shape index (κ1) is 12.1. The van der Waals surface area contributed by atoms with Crippen LogP contribution in [0.25, 0.3) is 0 Å². The average molecular weight is 298 g/mol. The van der Waals surface area contributed by atoms with Crippen LogP contribution in [0.5, 0.6) is 0 Å². The van der Waals surface area contributed by atoms with Crippen molar-refractivity contribution in [3.05, 3.63) is 28.2 Å². The second kappa shape index (κ2) is 4.49. The van der Waals surface area contributed by atoms with Gasteiger partial charge in [-0.1, -0.05) is 15.9 Å². The maximum absolute atomic E-state index is 11.8. The Hall–Kier alpha value is -1.36. The van der Waals surface area contributed by atoms with Crippen molar-refractivity contribution >= 4 is 33.5 Å². The molecule has 0 spiro atoms. The van der Waals surface area contributed by atoms with E-state index in [9.17, 15) is 9.59 Å². The molecule has 1 aromatic carbocycles. The normalized spacial score (nSPS) is 19.8. The number of halogens is 1. The van der Waals surface area contributed by atoms with Crippen molar-refractivity contribution in [2.24, 2.45) is 5.92 Å². The van der Waals surface area contributed by atoms with Crippen LogP contribution in [-0.2, 0) is 9.59 Å². The fourth-order valence-corrected chi connectivity index (χ4v) is 2.50. The Kier molecular flexibility index (Phi) is 3.19. The van der Waals surface area contributed by atoms with E-state index in [0.29, 0.717) is 0 Å². The molecule has 1 N–H and O–H groups in total. The molecule has 0 saturated carbocycles. The smallest absolute Gasteiger partial charge is 0.308 e. The molecule has 17 heavy (non-hydrogen) atoms. The predicted octanol–water partition coefficient (Wildman–Crippen LogP) is 2.20. The summed E-state index contributed by atoms with van der Waals surface area (Å²) in [6.45, 7) is 2.16. The second-order valence-corrected chi connectivity index (χ2v) is 5.09. The maximum atomic E-state index is 11.8. The number of amides is 1.